The quantitative estimate of drug-likeness (QED) is 0.428. The lowest BCUT2D eigenvalue weighted by atomic mass is 10.2. The number of nitrogens with zero attached hydrogens (tertiary/aromatic N) is 2. The number of rotatable bonds is 6. The molecule has 0 fully saturated rings. The van der Waals surface area contributed by atoms with Gasteiger partial charge in [-0.05, 0) is 35.9 Å². The fourth-order valence-electron chi connectivity index (χ4n) is 2.25. The first-order chi connectivity index (χ1) is 13.0. The van der Waals surface area contributed by atoms with E-state index in [1.165, 1.54) is 6.33 Å². The van der Waals surface area contributed by atoms with Crippen molar-refractivity contribution in [3.8, 4) is 0 Å². The SMILES string of the molecule is Nc1c(NCc2ccccc2Cl)ncnc1NNC(=O)c1ccc(Br)cc1. The molecule has 0 aliphatic carbocycles. The first kappa shape index (κ1) is 18.9. The fraction of sp³-hybridized carbons (Fsp3) is 0.0556. The molecule has 3 aromatic rings. The van der Waals surface area contributed by atoms with Crippen LogP contribution >= 0.6 is 27.5 Å². The van der Waals surface area contributed by atoms with Gasteiger partial charge < -0.3 is 11.1 Å². The molecule has 0 aliphatic heterocycles. The predicted octanol–water partition coefficient (Wildman–Crippen LogP) is 3.84. The van der Waals surface area contributed by atoms with Crippen molar-refractivity contribution < 1.29 is 4.79 Å². The molecule has 2 aromatic carbocycles. The molecule has 7 nitrogen and oxygen atoms in total. The molecule has 5 N–H and O–H groups in total. The van der Waals surface area contributed by atoms with Gasteiger partial charge in [-0.15, -0.1) is 0 Å². The lowest BCUT2D eigenvalue weighted by Gasteiger charge is -2.13. The zero-order valence-corrected chi connectivity index (χ0v) is 16.4. The van der Waals surface area contributed by atoms with Crippen LogP contribution in [0.15, 0.2) is 59.3 Å². The van der Waals surface area contributed by atoms with Gasteiger partial charge in [0.15, 0.2) is 11.6 Å². The summed E-state index contributed by atoms with van der Waals surface area (Å²) in [4.78, 5) is 20.4. The summed E-state index contributed by atoms with van der Waals surface area (Å²) in [6.45, 7) is 0.450. The third kappa shape index (κ3) is 4.87. The summed E-state index contributed by atoms with van der Waals surface area (Å²) in [6.07, 6.45) is 1.35. The molecule has 0 saturated carbocycles. The standard InChI is InChI=1S/C18H16BrClN6O/c19-13-7-5-11(6-8-13)18(27)26-25-17-15(21)16(23-10-24-17)22-9-12-3-1-2-4-14(12)20/h1-8,10H,9,21H2,(H,26,27)(H2,22,23,24,25). The van der Waals surface area contributed by atoms with Crippen LogP contribution in [0.1, 0.15) is 15.9 Å². The van der Waals surface area contributed by atoms with Crippen LogP contribution in [0.25, 0.3) is 0 Å². The second-order valence-electron chi connectivity index (χ2n) is 5.52. The Morgan fingerprint density at radius 3 is 2.52 bits per heavy atom. The monoisotopic (exact) mass is 446 g/mol. The molecule has 0 unspecified atom stereocenters. The highest BCUT2D eigenvalue weighted by Gasteiger charge is 2.10. The number of aromatic nitrogens is 2. The van der Waals surface area contributed by atoms with E-state index in [-0.39, 0.29) is 17.4 Å². The number of amides is 1. The number of halogens is 2. The molecule has 0 radical (unpaired) electrons. The lowest BCUT2D eigenvalue weighted by Crippen LogP contribution is -2.30. The molecule has 0 atom stereocenters. The Morgan fingerprint density at radius 1 is 1.07 bits per heavy atom. The van der Waals surface area contributed by atoms with Gasteiger partial charge >= 0.3 is 0 Å². The zero-order chi connectivity index (χ0) is 19.2. The minimum Gasteiger partial charge on any atom is -0.393 e. The van der Waals surface area contributed by atoms with Gasteiger partial charge in [0.2, 0.25) is 0 Å². The summed E-state index contributed by atoms with van der Waals surface area (Å²) in [5.74, 6) is 0.411. The molecule has 0 bridgehead atoms. The van der Waals surface area contributed by atoms with Crippen molar-refractivity contribution in [2.75, 3.05) is 16.5 Å². The Bertz CT molecular complexity index is 951. The topological polar surface area (TPSA) is 105 Å². The summed E-state index contributed by atoms with van der Waals surface area (Å²) in [7, 11) is 0. The number of carbonyl (C=O) groups is 1. The number of nitrogens with one attached hydrogen (secondary N) is 3. The number of nitrogens with two attached hydrogens (primary N) is 1. The van der Waals surface area contributed by atoms with Crippen molar-refractivity contribution in [2.24, 2.45) is 0 Å². The van der Waals surface area contributed by atoms with Crippen LogP contribution in [0.3, 0.4) is 0 Å². The number of carbonyl (C=O) groups excluding carboxylic acids is 1. The summed E-state index contributed by atoms with van der Waals surface area (Å²) >= 11 is 9.47. The second-order valence-corrected chi connectivity index (χ2v) is 6.84. The molecule has 0 spiro atoms. The zero-order valence-electron chi connectivity index (χ0n) is 14.0. The number of hydrogen-bond donors (Lipinski definition) is 4. The maximum atomic E-state index is 12.2. The van der Waals surface area contributed by atoms with Gasteiger partial charge in [-0.25, -0.2) is 9.97 Å². The smallest absolute Gasteiger partial charge is 0.269 e. The molecule has 0 aliphatic rings. The Balaban J connectivity index is 1.65. The minimum atomic E-state index is -0.314. The van der Waals surface area contributed by atoms with Gasteiger partial charge in [0.05, 0.1) is 0 Å². The summed E-state index contributed by atoms with van der Waals surface area (Å²) in [5.41, 5.74) is 13.1. The summed E-state index contributed by atoms with van der Waals surface area (Å²) in [5, 5.41) is 3.77. The van der Waals surface area contributed by atoms with E-state index in [0.29, 0.717) is 22.9 Å². The van der Waals surface area contributed by atoms with Gasteiger partial charge in [-0.3, -0.25) is 15.6 Å². The van der Waals surface area contributed by atoms with Crippen molar-refractivity contribution in [1.82, 2.24) is 15.4 Å². The van der Waals surface area contributed by atoms with Gasteiger partial charge in [0.25, 0.3) is 5.91 Å². The third-order valence-corrected chi connectivity index (χ3v) is 4.59. The number of benzene rings is 2. The number of nitrogen functional groups attached to an aromatic ring is 1. The third-order valence-electron chi connectivity index (χ3n) is 3.69. The average Bonchev–Trinajstić information content (AvgIpc) is 2.67. The molecule has 3 rings (SSSR count). The average molecular weight is 448 g/mol. The maximum absolute atomic E-state index is 12.2. The molecular formula is C18H16BrClN6O. The Morgan fingerprint density at radius 2 is 1.78 bits per heavy atom. The van der Waals surface area contributed by atoms with Gasteiger partial charge in [0, 0.05) is 21.6 Å². The van der Waals surface area contributed by atoms with Crippen LogP contribution in [0, 0.1) is 0 Å². The molecule has 27 heavy (non-hydrogen) atoms. The molecule has 138 valence electrons. The largest absolute Gasteiger partial charge is 0.393 e. The van der Waals surface area contributed by atoms with Gasteiger partial charge in [-0.1, -0.05) is 45.7 Å². The molecule has 0 saturated heterocycles. The van der Waals surface area contributed by atoms with Crippen LogP contribution in [0.4, 0.5) is 17.3 Å². The molecule has 1 amide bonds. The molecule has 9 heteroatoms. The highest BCUT2D eigenvalue weighted by molar-refractivity contribution is 9.10. The van der Waals surface area contributed by atoms with E-state index in [0.717, 1.165) is 10.0 Å². The first-order valence-corrected chi connectivity index (χ1v) is 9.11. The van der Waals surface area contributed by atoms with Crippen LogP contribution in [-0.2, 0) is 6.54 Å². The summed E-state index contributed by atoms with van der Waals surface area (Å²) in [6, 6.07) is 14.4. The van der Waals surface area contributed by atoms with Crippen molar-refractivity contribution >= 4 is 50.8 Å². The van der Waals surface area contributed by atoms with Crippen molar-refractivity contribution in [3.63, 3.8) is 0 Å². The van der Waals surface area contributed by atoms with Crippen molar-refractivity contribution in [2.45, 2.75) is 6.54 Å². The van der Waals surface area contributed by atoms with E-state index in [1.807, 2.05) is 24.3 Å². The fourth-order valence-corrected chi connectivity index (χ4v) is 2.71. The maximum Gasteiger partial charge on any atom is 0.269 e. The van der Waals surface area contributed by atoms with Gasteiger partial charge in [0.1, 0.15) is 12.0 Å². The van der Waals surface area contributed by atoms with E-state index in [4.69, 9.17) is 17.3 Å². The van der Waals surface area contributed by atoms with Crippen molar-refractivity contribution in [1.29, 1.82) is 0 Å². The molecule has 1 aromatic heterocycles. The predicted molar refractivity (Wildman–Crippen MR) is 110 cm³/mol. The van der Waals surface area contributed by atoms with Crippen LogP contribution in [0.5, 0.6) is 0 Å². The van der Waals surface area contributed by atoms with E-state index < -0.39 is 0 Å². The van der Waals surface area contributed by atoms with Crippen molar-refractivity contribution in [3.05, 3.63) is 75.5 Å². The normalized spacial score (nSPS) is 10.3. The minimum absolute atomic E-state index is 0.278. The number of anilines is 3. The number of hydrogen-bond acceptors (Lipinski definition) is 6. The van der Waals surface area contributed by atoms with E-state index in [2.05, 4.69) is 42.1 Å². The van der Waals surface area contributed by atoms with E-state index in [1.54, 1.807) is 24.3 Å². The number of hydrazine groups is 1. The second kappa shape index (κ2) is 8.70. The Hall–Kier alpha value is -2.84. The van der Waals surface area contributed by atoms with Gasteiger partial charge in [-0.2, -0.15) is 0 Å². The van der Waals surface area contributed by atoms with E-state index in [9.17, 15) is 4.79 Å². The van der Waals surface area contributed by atoms with E-state index >= 15 is 0 Å². The first-order valence-electron chi connectivity index (χ1n) is 7.94. The van der Waals surface area contributed by atoms with Crippen LogP contribution < -0.4 is 21.9 Å². The lowest BCUT2D eigenvalue weighted by molar-refractivity contribution is 0.0962. The Labute approximate surface area is 169 Å². The Kier molecular flexibility index (Phi) is 6.10. The highest BCUT2D eigenvalue weighted by Crippen LogP contribution is 2.23. The van der Waals surface area contributed by atoms with Crippen LogP contribution in [0.2, 0.25) is 5.02 Å². The highest BCUT2D eigenvalue weighted by atomic mass is 79.9. The molecule has 1 heterocycles. The van der Waals surface area contributed by atoms with Crippen LogP contribution in [-0.4, -0.2) is 15.9 Å². The molecular weight excluding hydrogens is 432 g/mol. The summed E-state index contributed by atoms with van der Waals surface area (Å²) < 4.78 is 0.890.